The van der Waals surface area contributed by atoms with Gasteiger partial charge in [0.1, 0.15) is 0 Å². The molecule has 1 aliphatic heterocycles. The summed E-state index contributed by atoms with van der Waals surface area (Å²) in [6.07, 6.45) is 4.31. The van der Waals surface area contributed by atoms with E-state index < -0.39 is 0 Å². The fraction of sp³-hybridized carbons (Fsp3) is 0.611. The predicted octanol–water partition coefficient (Wildman–Crippen LogP) is 2.66. The van der Waals surface area contributed by atoms with Gasteiger partial charge in [0.25, 0.3) is 0 Å². The number of nitrogens with zero attached hydrogens (tertiary/aromatic N) is 2. The van der Waals surface area contributed by atoms with Crippen LogP contribution in [0.3, 0.4) is 0 Å². The summed E-state index contributed by atoms with van der Waals surface area (Å²) < 4.78 is 0. The fourth-order valence-corrected chi connectivity index (χ4v) is 3.20. The van der Waals surface area contributed by atoms with Crippen LogP contribution in [0.15, 0.2) is 35.3 Å². The topological polar surface area (TPSA) is 47.9 Å². The van der Waals surface area contributed by atoms with Gasteiger partial charge in [-0.15, -0.1) is 24.0 Å². The van der Waals surface area contributed by atoms with Crippen LogP contribution < -0.4 is 5.32 Å². The molecule has 5 heteroatoms. The minimum Gasteiger partial charge on any atom is -0.391 e. The van der Waals surface area contributed by atoms with E-state index in [2.05, 4.69) is 47.5 Å². The van der Waals surface area contributed by atoms with Crippen molar-refractivity contribution >= 4 is 29.9 Å². The average molecular weight is 429 g/mol. The van der Waals surface area contributed by atoms with Crippen molar-refractivity contribution in [2.24, 2.45) is 10.4 Å². The Balaban J connectivity index is 0.00000192. The molecule has 0 amide bonds. The van der Waals surface area contributed by atoms with Crippen LogP contribution in [0.2, 0.25) is 0 Å². The maximum Gasteiger partial charge on any atom is 0.194 e. The van der Waals surface area contributed by atoms with E-state index >= 15 is 0 Å². The highest BCUT2D eigenvalue weighted by atomic mass is 127. The van der Waals surface area contributed by atoms with Crippen LogP contribution in [0.5, 0.6) is 0 Å². The van der Waals surface area contributed by atoms with Crippen molar-refractivity contribution in [1.29, 1.82) is 0 Å². The number of nitrogens with one attached hydrogen (secondary N) is 1. The molecule has 1 atom stereocenters. The summed E-state index contributed by atoms with van der Waals surface area (Å²) in [4.78, 5) is 7.07. The smallest absolute Gasteiger partial charge is 0.194 e. The standard InChI is InChI=1S/C18H27N3O.HI/c1-2-19-17(21-11-8-16(22)13-21)20-14-18(9-10-18)12-15-6-4-3-5-7-15;/h3-7,16,22H,2,8-14H2,1H3,(H,19,20);1H/t16-;/m1./s1. The number of rotatable bonds is 5. The van der Waals surface area contributed by atoms with Gasteiger partial charge in [0.15, 0.2) is 5.96 Å². The predicted molar refractivity (Wildman–Crippen MR) is 105 cm³/mol. The van der Waals surface area contributed by atoms with E-state index in [1.165, 1.54) is 18.4 Å². The molecule has 0 bridgehead atoms. The Morgan fingerprint density at radius 1 is 1.35 bits per heavy atom. The number of hydrogen-bond donors (Lipinski definition) is 2. The Morgan fingerprint density at radius 3 is 2.65 bits per heavy atom. The lowest BCUT2D eigenvalue weighted by molar-refractivity contribution is 0.187. The van der Waals surface area contributed by atoms with E-state index in [0.717, 1.165) is 38.4 Å². The van der Waals surface area contributed by atoms with Crippen LogP contribution in [0.25, 0.3) is 0 Å². The molecular formula is C18H28IN3O. The van der Waals surface area contributed by atoms with Gasteiger partial charge in [0.2, 0.25) is 0 Å². The van der Waals surface area contributed by atoms with Gasteiger partial charge in [0.05, 0.1) is 6.10 Å². The second kappa shape index (κ2) is 8.33. The van der Waals surface area contributed by atoms with Crippen LogP contribution in [0, 0.1) is 5.41 Å². The van der Waals surface area contributed by atoms with Gasteiger partial charge in [-0.25, -0.2) is 0 Å². The van der Waals surface area contributed by atoms with Crippen molar-refractivity contribution in [2.75, 3.05) is 26.2 Å². The van der Waals surface area contributed by atoms with Gasteiger partial charge in [-0.05, 0) is 43.6 Å². The second-order valence-electron chi connectivity index (χ2n) is 6.72. The van der Waals surface area contributed by atoms with Crippen LogP contribution in [-0.2, 0) is 6.42 Å². The molecule has 0 aromatic heterocycles. The molecule has 2 aliphatic rings. The Hall–Kier alpha value is -0.820. The number of aliphatic imine (C=N–C) groups is 1. The van der Waals surface area contributed by atoms with E-state index in [-0.39, 0.29) is 30.1 Å². The first-order valence-electron chi connectivity index (χ1n) is 8.46. The van der Waals surface area contributed by atoms with E-state index in [1.54, 1.807) is 0 Å². The largest absolute Gasteiger partial charge is 0.391 e. The Kier molecular flexibility index (Phi) is 6.71. The van der Waals surface area contributed by atoms with E-state index in [4.69, 9.17) is 4.99 Å². The summed E-state index contributed by atoms with van der Waals surface area (Å²) in [6, 6.07) is 10.7. The van der Waals surface area contributed by atoms with E-state index in [1.807, 2.05) is 0 Å². The molecule has 0 spiro atoms. The first-order chi connectivity index (χ1) is 10.7. The first-order valence-corrected chi connectivity index (χ1v) is 8.46. The summed E-state index contributed by atoms with van der Waals surface area (Å²) in [5.74, 6) is 0.971. The molecule has 1 saturated carbocycles. The highest BCUT2D eigenvalue weighted by Crippen LogP contribution is 2.48. The molecule has 0 unspecified atom stereocenters. The molecule has 3 rings (SSSR count). The summed E-state index contributed by atoms with van der Waals surface area (Å²) in [7, 11) is 0. The van der Waals surface area contributed by atoms with Crippen molar-refractivity contribution in [3.8, 4) is 0 Å². The van der Waals surface area contributed by atoms with Crippen molar-refractivity contribution in [3.63, 3.8) is 0 Å². The number of β-amino-alcohol motifs (C(OH)–C–C–N with tert-alkyl or cyclic N) is 1. The first kappa shape index (κ1) is 18.5. The molecule has 1 aromatic rings. The highest BCUT2D eigenvalue weighted by molar-refractivity contribution is 14.0. The van der Waals surface area contributed by atoms with Gasteiger partial charge < -0.3 is 15.3 Å². The van der Waals surface area contributed by atoms with Crippen LogP contribution in [0.4, 0.5) is 0 Å². The van der Waals surface area contributed by atoms with Gasteiger partial charge in [-0.3, -0.25) is 4.99 Å². The zero-order valence-corrected chi connectivity index (χ0v) is 16.2. The van der Waals surface area contributed by atoms with Gasteiger partial charge in [-0.1, -0.05) is 30.3 Å². The quantitative estimate of drug-likeness (QED) is 0.430. The zero-order chi connectivity index (χ0) is 15.4. The fourth-order valence-electron chi connectivity index (χ4n) is 3.20. The zero-order valence-electron chi connectivity index (χ0n) is 13.9. The van der Waals surface area contributed by atoms with Gasteiger partial charge >= 0.3 is 0 Å². The Bertz CT molecular complexity index is 516. The lowest BCUT2D eigenvalue weighted by atomic mass is 9.97. The van der Waals surface area contributed by atoms with Crippen LogP contribution in [-0.4, -0.2) is 48.2 Å². The van der Waals surface area contributed by atoms with Crippen molar-refractivity contribution < 1.29 is 5.11 Å². The number of guanidine groups is 1. The van der Waals surface area contributed by atoms with Gasteiger partial charge in [0, 0.05) is 26.2 Å². The third kappa shape index (κ3) is 5.08. The number of aliphatic hydroxyl groups is 1. The molecule has 2 N–H and O–H groups in total. The maximum absolute atomic E-state index is 9.73. The average Bonchev–Trinajstić information content (AvgIpc) is 3.15. The lowest BCUT2D eigenvalue weighted by Crippen LogP contribution is -2.41. The molecule has 1 aliphatic carbocycles. The molecule has 0 radical (unpaired) electrons. The van der Waals surface area contributed by atoms with Crippen LogP contribution in [0.1, 0.15) is 31.7 Å². The Morgan fingerprint density at radius 2 is 2.09 bits per heavy atom. The normalized spacial score (nSPS) is 22.6. The molecular weight excluding hydrogens is 401 g/mol. The van der Waals surface area contributed by atoms with Crippen LogP contribution >= 0.6 is 24.0 Å². The second-order valence-corrected chi connectivity index (χ2v) is 6.72. The van der Waals surface area contributed by atoms with E-state index in [0.29, 0.717) is 12.0 Å². The number of benzene rings is 1. The summed E-state index contributed by atoms with van der Waals surface area (Å²) in [5, 5.41) is 13.1. The molecule has 23 heavy (non-hydrogen) atoms. The van der Waals surface area contributed by atoms with Crippen molar-refractivity contribution in [3.05, 3.63) is 35.9 Å². The van der Waals surface area contributed by atoms with Gasteiger partial charge in [-0.2, -0.15) is 0 Å². The minimum absolute atomic E-state index is 0. The summed E-state index contributed by atoms with van der Waals surface area (Å²) in [6.45, 7) is 5.46. The maximum atomic E-state index is 9.73. The molecule has 4 nitrogen and oxygen atoms in total. The highest BCUT2D eigenvalue weighted by Gasteiger charge is 2.42. The number of hydrogen-bond acceptors (Lipinski definition) is 2. The SMILES string of the molecule is CCNC(=NCC1(Cc2ccccc2)CC1)N1CC[C@@H](O)C1.I. The van der Waals surface area contributed by atoms with E-state index in [9.17, 15) is 5.11 Å². The minimum atomic E-state index is -0.205. The summed E-state index contributed by atoms with van der Waals surface area (Å²) >= 11 is 0. The van der Waals surface area contributed by atoms with Crippen molar-refractivity contribution in [1.82, 2.24) is 10.2 Å². The third-order valence-electron chi connectivity index (χ3n) is 4.74. The number of halogens is 1. The molecule has 2 fully saturated rings. The Labute approximate surface area is 156 Å². The van der Waals surface area contributed by atoms with Crippen molar-refractivity contribution in [2.45, 2.75) is 38.7 Å². The molecule has 1 saturated heterocycles. The molecule has 1 aromatic carbocycles. The summed E-state index contributed by atoms with van der Waals surface area (Å²) in [5.41, 5.74) is 1.78. The number of likely N-dealkylation sites (tertiary alicyclic amines) is 1. The molecule has 128 valence electrons. The third-order valence-corrected chi connectivity index (χ3v) is 4.74. The number of aliphatic hydroxyl groups excluding tert-OH is 1. The lowest BCUT2D eigenvalue weighted by Gasteiger charge is -2.22. The monoisotopic (exact) mass is 429 g/mol. The molecule has 1 heterocycles.